The van der Waals surface area contributed by atoms with E-state index in [1.54, 1.807) is 0 Å². The summed E-state index contributed by atoms with van der Waals surface area (Å²) in [6, 6.07) is 3.85. The van der Waals surface area contributed by atoms with Crippen molar-refractivity contribution in [3.63, 3.8) is 0 Å². The van der Waals surface area contributed by atoms with E-state index in [9.17, 15) is 0 Å². The molecule has 1 unspecified atom stereocenters. The largest absolute Gasteiger partial charge is 0.486 e. The number of hydrogen-bond acceptors (Lipinski definition) is 2. The van der Waals surface area contributed by atoms with Crippen LogP contribution in [0.4, 0.5) is 0 Å². The summed E-state index contributed by atoms with van der Waals surface area (Å²) < 4.78 is 11.1. The molecule has 0 fully saturated rings. The molecule has 4 heteroatoms. The lowest BCUT2D eigenvalue weighted by molar-refractivity contribution is 0.171. The van der Waals surface area contributed by atoms with Crippen molar-refractivity contribution in [3.05, 3.63) is 22.7 Å². The van der Waals surface area contributed by atoms with Crippen LogP contribution in [0.5, 0.6) is 11.5 Å². The van der Waals surface area contributed by atoms with Gasteiger partial charge < -0.3 is 9.47 Å². The van der Waals surface area contributed by atoms with Crippen LogP contribution in [0.1, 0.15) is 37.6 Å². The van der Waals surface area contributed by atoms with Crippen molar-refractivity contribution in [1.29, 1.82) is 0 Å². The summed E-state index contributed by atoms with van der Waals surface area (Å²) in [5.41, 5.74) is 1.20. The Morgan fingerprint density at radius 1 is 1.28 bits per heavy atom. The van der Waals surface area contributed by atoms with Crippen molar-refractivity contribution in [3.8, 4) is 11.5 Å². The molecular formula is C14H18BrClO2. The average molecular weight is 334 g/mol. The number of alkyl halides is 1. The van der Waals surface area contributed by atoms with E-state index < -0.39 is 0 Å². The predicted octanol–water partition coefficient (Wildman–Crippen LogP) is 4.98. The SMILES string of the molecule is CCC(C)(C)C(Br)c1cc2c(cc1Cl)OCCO2. The number of hydrogen-bond donors (Lipinski definition) is 0. The van der Waals surface area contributed by atoms with Gasteiger partial charge in [0.15, 0.2) is 11.5 Å². The smallest absolute Gasteiger partial charge is 0.162 e. The van der Waals surface area contributed by atoms with Crippen LogP contribution >= 0.6 is 27.5 Å². The Kier molecular flexibility index (Phi) is 4.12. The summed E-state index contributed by atoms with van der Waals surface area (Å²) in [4.78, 5) is 0.193. The third-order valence-electron chi connectivity index (χ3n) is 3.53. The molecule has 0 bridgehead atoms. The van der Waals surface area contributed by atoms with Crippen LogP contribution in [0.3, 0.4) is 0 Å². The first-order valence-electron chi connectivity index (χ1n) is 6.19. The zero-order chi connectivity index (χ0) is 13.3. The van der Waals surface area contributed by atoms with Crippen LogP contribution < -0.4 is 9.47 Å². The second kappa shape index (κ2) is 5.30. The highest BCUT2D eigenvalue weighted by atomic mass is 79.9. The van der Waals surface area contributed by atoms with E-state index >= 15 is 0 Å². The van der Waals surface area contributed by atoms with Gasteiger partial charge in [-0.1, -0.05) is 48.3 Å². The maximum Gasteiger partial charge on any atom is 0.162 e. The molecule has 0 N–H and O–H groups in total. The zero-order valence-electron chi connectivity index (χ0n) is 10.9. The van der Waals surface area contributed by atoms with E-state index in [0.29, 0.717) is 13.2 Å². The highest BCUT2D eigenvalue weighted by molar-refractivity contribution is 9.09. The molecule has 0 amide bonds. The molecule has 18 heavy (non-hydrogen) atoms. The molecule has 1 aromatic carbocycles. The van der Waals surface area contributed by atoms with E-state index in [0.717, 1.165) is 28.5 Å². The number of fused-ring (bicyclic) bond motifs is 1. The van der Waals surface area contributed by atoms with Crippen molar-refractivity contribution in [2.24, 2.45) is 5.41 Å². The first kappa shape index (κ1) is 14.0. The van der Waals surface area contributed by atoms with E-state index in [-0.39, 0.29) is 10.2 Å². The summed E-state index contributed by atoms with van der Waals surface area (Å²) in [5, 5.41) is 0.725. The highest BCUT2D eigenvalue weighted by Gasteiger charge is 2.30. The molecule has 2 nitrogen and oxygen atoms in total. The molecule has 0 aromatic heterocycles. The van der Waals surface area contributed by atoms with Crippen LogP contribution in [-0.4, -0.2) is 13.2 Å². The molecule has 1 aliphatic heterocycles. The maximum absolute atomic E-state index is 6.35. The lowest BCUT2D eigenvalue weighted by Crippen LogP contribution is -2.19. The normalized spacial score (nSPS) is 16.5. The second-order valence-corrected chi connectivity index (χ2v) is 6.54. The molecule has 0 radical (unpaired) electrons. The van der Waals surface area contributed by atoms with Crippen molar-refractivity contribution in [2.45, 2.75) is 32.0 Å². The summed E-state index contributed by atoms with van der Waals surface area (Å²) >= 11 is 10.1. The van der Waals surface area contributed by atoms with Crippen LogP contribution in [-0.2, 0) is 0 Å². The van der Waals surface area contributed by atoms with Gasteiger partial charge in [-0.25, -0.2) is 0 Å². The Bertz CT molecular complexity index is 446. The highest BCUT2D eigenvalue weighted by Crippen LogP contribution is 2.48. The van der Waals surface area contributed by atoms with Crippen molar-refractivity contribution in [2.75, 3.05) is 13.2 Å². The fourth-order valence-electron chi connectivity index (χ4n) is 1.87. The maximum atomic E-state index is 6.35. The Morgan fingerprint density at radius 3 is 2.39 bits per heavy atom. The van der Waals surface area contributed by atoms with Gasteiger partial charge in [0.2, 0.25) is 0 Å². The van der Waals surface area contributed by atoms with E-state index in [4.69, 9.17) is 21.1 Å². The number of benzene rings is 1. The van der Waals surface area contributed by atoms with Crippen molar-refractivity contribution < 1.29 is 9.47 Å². The molecule has 1 aromatic rings. The van der Waals surface area contributed by atoms with Gasteiger partial charge in [0, 0.05) is 15.9 Å². The molecular weight excluding hydrogens is 316 g/mol. The number of halogens is 2. The summed E-state index contributed by atoms with van der Waals surface area (Å²) in [6.45, 7) is 7.80. The monoisotopic (exact) mass is 332 g/mol. The summed E-state index contributed by atoms with van der Waals surface area (Å²) in [5.74, 6) is 1.53. The standard InChI is InChI=1S/C14H18BrClO2/c1-4-14(2,3)13(15)9-7-11-12(8-10(9)16)18-6-5-17-11/h7-8,13H,4-6H2,1-3H3. The molecule has 0 aliphatic carbocycles. The fraction of sp³-hybridized carbons (Fsp3) is 0.571. The van der Waals surface area contributed by atoms with Gasteiger partial charge in [-0.2, -0.15) is 0 Å². The minimum Gasteiger partial charge on any atom is -0.486 e. The first-order chi connectivity index (χ1) is 8.45. The van der Waals surface area contributed by atoms with Crippen LogP contribution in [0, 0.1) is 5.41 Å². The quantitative estimate of drug-likeness (QED) is 0.726. The van der Waals surface area contributed by atoms with Gasteiger partial charge in [0.05, 0.1) is 0 Å². The van der Waals surface area contributed by atoms with E-state index in [1.165, 1.54) is 0 Å². The molecule has 100 valence electrons. The fourth-order valence-corrected chi connectivity index (χ4v) is 2.97. The molecule has 1 heterocycles. The Morgan fingerprint density at radius 2 is 1.83 bits per heavy atom. The number of ether oxygens (including phenoxy) is 2. The van der Waals surface area contributed by atoms with Crippen LogP contribution in [0.25, 0.3) is 0 Å². The van der Waals surface area contributed by atoms with Crippen LogP contribution in [0.2, 0.25) is 5.02 Å². The molecule has 0 saturated heterocycles. The van der Waals surface area contributed by atoms with Crippen LogP contribution in [0.15, 0.2) is 12.1 Å². The first-order valence-corrected chi connectivity index (χ1v) is 7.48. The van der Waals surface area contributed by atoms with Crippen molar-refractivity contribution >= 4 is 27.5 Å². The van der Waals surface area contributed by atoms with Gasteiger partial charge in [0.25, 0.3) is 0 Å². The molecule has 1 atom stereocenters. The molecule has 2 rings (SSSR count). The van der Waals surface area contributed by atoms with Gasteiger partial charge >= 0.3 is 0 Å². The van der Waals surface area contributed by atoms with Gasteiger partial charge in [-0.15, -0.1) is 0 Å². The lowest BCUT2D eigenvalue weighted by Gasteiger charge is -2.31. The van der Waals surface area contributed by atoms with E-state index in [1.807, 2.05) is 12.1 Å². The lowest BCUT2D eigenvalue weighted by atomic mass is 9.83. The Labute approximate surface area is 122 Å². The molecule has 0 saturated carbocycles. The number of rotatable bonds is 3. The Balaban J connectivity index is 2.39. The van der Waals surface area contributed by atoms with Gasteiger partial charge in [-0.05, 0) is 23.5 Å². The molecule has 1 aliphatic rings. The van der Waals surface area contributed by atoms with Gasteiger partial charge in [-0.3, -0.25) is 0 Å². The third kappa shape index (κ3) is 2.62. The zero-order valence-corrected chi connectivity index (χ0v) is 13.3. The summed E-state index contributed by atoms with van der Waals surface area (Å²) in [6.07, 6.45) is 1.06. The topological polar surface area (TPSA) is 18.5 Å². The minimum absolute atomic E-state index is 0.132. The Hall–Kier alpha value is -0.410. The van der Waals surface area contributed by atoms with E-state index in [2.05, 4.69) is 36.7 Å². The minimum atomic E-state index is 0.132. The summed E-state index contributed by atoms with van der Waals surface area (Å²) in [7, 11) is 0. The second-order valence-electron chi connectivity index (χ2n) is 5.22. The van der Waals surface area contributed by atoms with Crippen molar-refractivity contribution in [1.82, 2.24) is 0 Å². The predicted molar refractivity (Wildman–Crippen MR) is 78.2 cm³/mol. The molecule has 0 spiro atoms. The average Bonchev–Trinajstić information content (AvgIpc) is 2.37. The van der Waals surface area contributed by atoms with Gasteiger partial charge in [0.1, 0.15) is 13.2 Å². The third-order valence-corrected chi connectivity index (χ3v) is 5.59.